The van der Waals surface area contributed by atoms with Crippen LogP contribution >= 0.6 is 11.3 Å². The smallest absolute Gasteiger partial charge is 0.230 e. The third-order valence-electron chi connectivity index (χ3n) is 4.41. The van der Waals surface area contributed by atoms with Crippen molar-refractivity contribution in [3.63, 3.8) is 0 Å². The lowest BCUT2D eigenvalue weighted by molar-refractivity contribution is -0.115. The van der Waals surface area contributed by atoms with Gasteiger partial charge in [-0.25, -0.2) is 13.4 Å². The molecule has 8 heteroatoms. The highest BCUT2D eigenvalue weighted by atomic mass is 32.2. The Labute approximate surface area is 158 Å². The zero-order chi connectivity index (χ0) is 18.9. The van der Waals surface area contributed by atoms with Gasteiger partial charge in [0.15, 0.2) is 15.0 Å². The number of hydrogen-bond donors (Lipinski definition) is 1. The van der Waals surface area contributed by atoms with E-state index in [1.807, 2.05) is 0 Å². The fourth-order valence-corrected chi connectivity index (χ4v) is 4.96. The van der Waals surface area contributed by atoms with Crippen LogP contribution in [0.5, 0.6) is 0 Å². The Kier molecular flexibility index (Phi) is 5.45. The Balaban J connectivity index is 1.64. The average Bonchev–Trinajstić information content (AvgIpc) is 2.96. The lowest BCUT2D eigenvalue weighted by Gasteiger charge is -2.20. The highest BCUT2D eigenvalue weighted by Crippen LogP contribution is 2.27. The molecule has 2 heterocycles. The summed E-state index contributed by atoms with van der Waals surface area (Å²) in [4.78, 5) is 20.5. The number of anilines is 1. The summed E-state index contributed by atoms with van der Waals surface area (Å²) >= 11 is 1.52. The summed E-state index contributed by atoms with van der Waals surface area (Å²) in [6.45, 7) is 5.16. The lowest BCUT2D eigenvalue weighted by Crippen LogP contribution is -2.25. The van der Waals surface area contributed by atoms with Gasteiger partial charge in [-0.2, -0.15) is 0 Å². The van der Waals surface area contributed by atoms with Crippen molar-refractivity contribution in [2.75, 3.05) is 18.9 Å². The van der Waals surface area contributed by atoms with Gasteiger partial charge in [0, 0.05) is 24.4 Å². The first-order valence-electron chi connectivity index (χ1n) is 8.55. The number of aromatic nitrogens is 1. The zero-order valence-electron chi connectivity index (χ0n) is 15.2. The third kappa shape index (κ3) is 4.13. The van der Waals surface area contributed by atoms with Crippen molar-refractivity contribution in [3.05, 3.63) is 40.4 Å². The van der Waals surface area contributed by atoms with Crippen molar-refractivity contribution < 1.29 is 13.2 Å². The van der Waals surface area contributed by atoms with Gasteiger partial charge in [-0.1, -0.05) is 12.1 Å². The molecule has 1 aliphatic heterocycles. The molecule has 1 aromatic heterocycles. The summed E-state index contributed by atoms with van der Waals surface area (Å²) in [5.74, 6) is -0.149. The minimum absolute atomic E-state index is 0.149. The van der Waals surface area contributed by atoms with Crippen molar-refractivity contribution in [2.24, 2.45) is 0 Å². The summed E-state index contributed by atoms with van der Waals surface area (Å²) in [6, 6.07) is 6.51. The number of nitrogens with zero attached hydrogens (tertiary/aromatic N) is 2. The normalized spacial score (nSPS) is 15.1. The summed E-state index contributed by atoms with van der Waals surface area (Å²) in [5, 5.41) is 3.02. The Morgan fingerprint density at radius 2 is 2.00 bits per heavy atom. The van der Waals surface area contributed by atoms with E-state index in [2.05, 4.69) is 22.2 Å². The molecule has 2 aromatic rings. The van der Waals surface area contributed by atoms with Gasteiger partial charge in [0.05, 0.1) is 22.3 Å². The van der Waals surface area contributed by atoms with Crippen molar-refractivity contribution in [1.29, 1.82) is 0 Å². The molecule has 0 spiro atoms. The second-order valence-electron chi connectivity index (χ2n) is 6.84. The predicted octanol–water partition coefficient (Wildman–Crippen LogP) is 2.49. The van der Waals surface area contributed by atoms with Crippen molar-refractivity contribution in [2.45, 2.75) is 43.4 Å². The highest BCUT2D eigenvalue weighted by Gasteiger charge is 2.20. The van der Waals surface area contributed by atoms with Crippen LogP contribution in [-0.2, 0) is 34.0 Å². The first kappa shape index (κ1) is 19.0. The van der Waals surface area contributed by atoms with Crippen LogP contribution < -0.4 is 5.32 Å². The Bertz CT molecular complexity index is 902. The molecule has 0 bridgehead atoms. The quantitative estimate of drug-likeness (QED) is 0.844. The van der Waals surface area contributed by atoms with Gasteiger partial charge in [0.2, 0.25) is 5.91 Å². The van der Waals surface area contributed by atoms with E-state index < -0.39 is 15.1 Å². The fourth-order valence-electron chi connectivity index (χ4n) is 2.79. The molecule has 26 heavy (non-hydrogen) atoms. The summed E-state index contributed by atoms with van der Waals surface area (Å²) in [6.07, 6.45) is 1.09. The number of nitrogens with one attached hydrogen (secondary N) is 1. The molecule has 0 fully saturated rings. The molecule has 1 N–H and O–H groups in total. The third-order valence-corrected chi connectivity index (χ3v) is 7.57. The number of carbonyl (C=O) groups is 1. The van der Waals surface area contributed by atoms with E-state index >= 15 is 0 Å². The van der Waals surface area contributed by atoms with Crippen LogP contribution in [0, 0.1) is 0 Å². The standard InChI is InChI=1S/C18H23N3O3S2/c1-12(2)26(23,24)14-6-4-13(5-7-14)10-17(22)20-18-19-15-8-9-21(3)11-16(15)25-18/h4-7,12H,8-11H2,1-3H3,(H,19,20,22). The lowest BCUT2D eigenvalue weighted by atomic mass is 10.1. The average molecular weight is 394 g/mol. The van der Waals surface area contributed by atoms with Crippen LogP contribution in [0.3, 0.4) is 0 Å². The molecular weight excluding hydrogens is 370 g/mol. The number of carbonyl (C=O) groups excluding carboxylic acids is 1. The van der Waals surface area contributed by atoms with Crippen LogP contribution in [0.1, 0.15) is 30.0 Å². The number of rotatable bonds is 5. The second-order valence-corrected chi connectivity index (χ2v) is 10.4. The van der Waals surface area contributed by atoms with Crippen LogP contribution in [0.2, 0.25) is 0 Å². The Hall–Kier alpha value is -1.77. The van der Waals surface area contributed by atoms with Crippen molar-refractivity contribution >= 4 is 32.2 Å². The Morgan fingerprint density at radius 1 is 1.31 bits per heavy atom. The predicted molar refractivity (Wildman–Crippen MR) is 103 cm³/mol. The van der Waals surface area contributed by atoms with E-state index in [-0.39, 0.29) is 17.2 Å². The molecule has 1 aromatic carbocycles. The first-order chi connectivity index (χ1) is 12.3. The number of benzene rings is 1. The topological polar surface area (TPSA) is 79.4 Å². The maximum absolute atomic E-state index is 12.3. The molecule has 3 rings (SSSR count). The van der Waals surface area contributed by atoms with Gasteiger partial charge in [-0.15, -0.1) is 11.3 Å². The SMILES string of the molecule is CC(C)S(=O)(=O)c1ccc(CC(=O)Nc2nc3c(s2)CN(C)CC3)cc1. The van der Waals surface area contributed by atoms with E-state index in [4.69, 9.17) is 0 Å². The minimum atomic E-state index is -3.29. The molecule has 1 aliphatic rings. The monoisotopic (exact) mass is 393 g/mol. The van der Waals surface area contributed by atoms with E-state index in [1.54, 1.807) is 38.1 Å². The molecule has 0 atom stereocenters. The zero-order valence-corrected chi connectivity index (χ0v) is 16.8. The second kappa shape index (κ2) is 7.46. The van der Waals surface area contributed by atoms with Gasteiger partial charge >= 0.3 is 0 Å². The highest BCUT2D eigenvalue weighted by molar-refractivity contribution is 7.92. The maximum atomic E-state index is 12.3. The van der Waals surface area contributed by atoms with Crippen molar-refractivity contribution in [3.8, 4) is 0 Å². The minimum Gasteiger partial charge on any atom is -0.302 e. The largest absolute Gasteiger partial charge is 0.302 e. The molecule has 0 radical (unpaired) electrons. The van der Waals surface area contributed by atoms with Crippen LogP contribution in [0.25, 0.3) is 0 Å². The number of hydrogen-bond acceptors (Lipinski definition) is 6. The van der Waals surface area contributed by atoms with Gasteiger partial charge in [0.25, 0.3) is 0 Å². The fraction of sp³-hybridized carbons (Fsp3) is 0.444. The molecular formula is C18H23N3O3S2. The van der Waals surface area contributed by atoms with E-state index in [0.717, 1.165) is 30.8 Å². The number of likely N-dealkylation sites (N-methyl/N-ethyl adjacent to an activating group) is 1. The Morgan fingerprint density at radius 3 is 2.65 bits per heavy atom. The van der Waals surface area contributed by atoms with Crippen molar-refractivity contribution in [1.82, 2.24) is 9.88 Å². The van der Waals surface area contributed by atoms with Gasteiger partial charge in [0.1, 0.15) is 0 Å². The molecule has 0 unspecified atom stereocenters. The number of sulfone groups is 1. The van der Waals surface area contributed by atoms with Crippen LogP contribution in [0.15, 0.2) is 29.2 Å². The molecule has 6 nitrogen and oxygen atoms in total. The molecule has 0 saturated heterocycles. The van der Waals surface area contributed by atoms with E-state index in [9.17, 15) is 13.2 Å². The molecule has 1 amide bonds. The molecule has 0 aliphatic carbocycles. The van der Waals surface area contributed by atoms with Crippen LogP contribution in [-0.4, -0.2) is 43.1 Å². The van der Waals surface area contributed by atoms with Gasteiger partial charge in [-0.05, 0) is 38.6 Å². The maximum Gasteiger partial charge on any atom is 0.230 e. The summed E-state index contributed by atoms with van der Waals surface area (Å²) in [5.41, 5.74) is 1.85. The summed E-state index contributed by atoms with van der Waals surface area (Å²) < 4.78 is 24.3. The van der Waals surface area contributed by atoms with Gasteiger partial charge in [-0.3, -0.25) is 4.79 Å². The molecule has 0 saturated carbocycles. The van der Waals surface area contributed by atoms with Crippen LogP contribution in [0.4, 0.5) is 5.13 Å². The number of thiazole rings is 1. The first-order valence-corrected chi connectivity index (χ1v) is 10.9. The number of fused-ring (bicyclic) bond motifs is 1. The number of amides is 1. The van der Waals surface area contributed by atoms with E-state index in [1.165, 1.54) is 16.2 Å². The van der Waals surface area contributed by atoms with E-state index in [0.29, 0.717) is 5.13 Å². The molecule has 140 valence electrons. The van der Waals surface area contributed by atoms with Gasteiger partial charge < -0.3 is 10.2 Å². The summed E-state index contributed by atoms with van der Waals surface area (Å²) in [7, 11) is -1.22.